The first-order chi connectivity index (χ1) is 11.1. The second-order valence-electron chi connectivity index (χ2n) is 5.19. The number of rotatable bonds is 4. The molecule has 3 aromatic rings. The number of aromatic amines is 1. The Balaban J connectivity index is 1.89. The van der Waals surface area contributed by atoms with Gasteiger partial charge in [-0.1, -0.05) is 24.3 Å². The summed E-state index contributed by atoms with van der Waals surface area (Å²) >= 11 is 1.58. The molecule has 1 amide bonds. The average molecular weight is 324 g/mol. The number of aryl methyl sites for hydroxylation is 1. The predicted molar refractivity (Wildman–Crippen MR) is 94.2 cm³/mol. The van der Waals surface area contributed by atoms with Crippen molar-refractivity contribution in [3.8, 4) is 0 Å². The van der Waals surface area contributed by atoms with Crippen molar-refractivity contribution in [1.29, 1.82) is 0 Å². The first kappa shape index (κ1) is 15.4. The van der Waals surface area contributed by atoms with Crippen molar-refractivity contribution in [3.05, 3.63) is 59.8 Å². The molecule has 0 fully saturated rings. The van der Waals surface area contributed by atoms with Gasteiger partial charge >= 0.3 is 0 Å². The van der Waals surface area contributed by atoms with Gasteiger partial charge in [-0.3, -0.25) is 9.59 Å². The number of carbonyl (C=O) groups excluding carboxylic acids is 2. The number of ketones is 1. The third-order valence-corrected chi connectivity index (χ3v) is 4.38. The number of carbonyl (C=O) groups is 2. The van der Waals surface area contributed by atoms with E-state index >= 15 is 0 Å². The highest BCUT2D eigenvalue weighted by Gasteiger charge is 2.22. The third-order valence-electron chi connectivity index (χ3n) is 3.65. The molecule has 116 valence electrons. The molecular formula is C18H16N2O2S. The van der Waals surface area contributed by atoms with E-state index in [-0.39, 0.29) is 0 Å². The van der Waals surface area contributed by atoms with Crippen LogP contribution in [0.4, 0.5) is 5.69 Å². The van der Waals surface area contributed by atoms with E-state index in [1.54, 1.807) is 24.8 Å². The summed E-state index contributed by atoms with van der Waals surface area (Å²) in [4.78, 5) is 29.1. The van der Waals surface area contributed by atoms with Gasteiger partial charge < -0.3 is 10.3 Å². The number of para-hydroxylation sites is 1. The number of Topliss-reactive ketones (excluding diaryl/α,β-unsaturated/α-hetero) is 1. The number of thioether (sulfide) groups is 1. The van der Waals surface area contributed by atoms with Crippen LogP contribution in [0.25, 0.3) is 10.9 Å². The highest BCUT2D eigenvalue weighted by molar-refractivity contribution is 7.98. The zero-order valence-corrected chi connectivity index (χ0v) is 13.7. The van der Waals surface area contributed by atoms with E-state index in [9.17, 15) is 9.59 Å². The van der Waals surface area contributed by atoms with Crippen molar-refractivity contribution in [2.24, 2.45) is 0 Å². The molecule has 1 aromatic heterocycles. The summed E-state index contributed by atoms with van der Waals surface area (Å²) in [5.74, 6) is -1.16. The summed E-state index contributed by atoms with van der Waals surface area (Å²) in [5, 5.41) is 3.45. The minimum absolute atomic E-state index is 0.430. The Morgan fingerprint density at radius 3 is 2.65 bits per heavy atom. The number of nitrogens with one attached hydrogen (secondary N) is 2. The van der Waals surface area contributed by atoms with Crippen LogP contribution in [0.15, 0.2) is 53.4 Å². The van der Waals surface area contributed by atoms with Crippen molar-refractivity contribution in [3.63, 3.8) is 0 Å². The van der Waals surface area contributed by atoms with Gasteiger partial charge in [-0.25, -0.2) is 0 Å². The lowest BCUT2D eigenvalue weighted by molar-refractivity contribution is -0.112. The Hall–Kier alpha value is -2.53. The molecule has 0 atom stereocenters. The predicted octanol–water partition coefficient (Wildman–Crippen LogP) is 4.02. The number of aromatic nitrogens is 1. The fraction of sp³-hybridized carbons (Fsp3) is 0.111. The molecule has 0 radical (unpaired) electrons. The first-order valence-corrected chi connectivity index (χ1v) is 8.39. The van der Waals surface area contributed by atoms with Crippen molar-refractivity contribution < 1.29 is 9.59 Å². The zero-order chi connectivity index (χ0) is 16.4. The van der Waals surface area contributed by atoms with Crippen LogP contribution in [0, 0.1) is 6.92 Å². The first-order valence-electron chi connectivity index (χ1n) is 7.17. The number of H-pyrrole nitrogens is 1. The zero-order valence-electron chi connectivity index (χ0n) is 12.8. The molecule has 2 N–H and O–H groups in total. The third kappa shape index (κ3) is 3.00. The molecular weight excluding hydrogens is 308 g/mol. The topological polar surface area (TPSA) is 62.0 Å². The number of fused-ring (bicyclic) bond motifs is 1. The lowest BCUT2D eigenvalue weighted by Crippen LogP contribution is -2.23. The lowest BCUT2D eigenvalue weighted by Gasteiger charge is -2.06. The highest BCUT2D eigenvalue weighted by Crippen LogP contribution is 2.23. The maximum absolute atomic E-state index is 12.6. The SMILES string of the molecule is CSc1cccc(NC(=O)C(=O)c2c(C)[nH]c3ccccc23)c1. The maximum atomic E-state index is 12.6. The van der Waals surface area contributed by atoms with E-state index in [1.165, 1.54) is 0 Å². The normalized spacial score (nSPS) is 10.7. The molecule has 0 aliphatic carbocycles. The van der Waals surface area contributed by atoms with Crippen LogP contribution in [0.2, 0.25) is 0 Å². The molecule has 0 aliphatic heterocycles. The molecule has 0 bridgehead atoms. The number of hydrogen-bond donors (Lipinski definition) is 2. The van der Waals surface area contributed by atoms with E-state index in [2.05, 4.69) is 10.3 Å². The standard InChI is InChI=1S/C18H16N2O2S/c1-11-16(14-8-3-4-9-15(14)19-11)17(21)18(22)20-12-6-5-7-13(10-12)23-2/h3-10,19H,1-2H3,(H,20,22). The Kier molecular flexibility index (Phi) is 4.21. The summed E-state index contributed by atoms with van der Waals surface area (Å²) in [7, 11) is 0. The summed E-state index contributed by atoms with van der Waals surface area (Å²) < 4.78 is 0. The number of amides is 1. The van der Waals surface area contributed by atoms with Gasteiger partial charge in [-0.2, -0.15) is 0 Å². The van der Waals surface area contributed by atoms with E-state index in [0.29, 0.717) is 16.9 Å². The molecule has 0 saturated carbocycles. The Morgan fingerprint density at radius 1 is 1.09 bits per heavy atom. The second-order valence-corrected chi connectivity index (χ2v) is 6.07. The molecule has 0 spiro atoms. The van der Waals surface area contributed by atoms with Crippen LogP contribution < -0.4 is 5.32 Å². The molecule has 3 rings (SSSR count). The summed E-state index contributed by atoms with van der Waals surface area (Å²) in [5.41, 5.74) is 2.60. The van der Waals surface area contributed by atoms with Crippen LogP contribution in [-0.4, -0.2) is 22.9 Å². The minimum atomic E-state index is -0.629. The number of hydrogen-bond acceptors (Lipinski definition) is 3. The Morgan fingerprint density at radius 2 is 1.87 bits per heavy atom. The minimum Gasteiger partial charge on any atom is -0.358 e. The molecule has 5 heteroatoms. The monoisotopic (exact) mass is 324 g/mol. The van der Waals surface area contributed by atoms with Crippen LogP contribution in [0.1, 0.15) is 16.1 Å². The van der Waals surface area contributed by atoms with Gasteiger partial charge in [0.15, 0.2) is 0 Å². The van der Waals surface area contributed by atoms with Gasteiger partial charge in [0.2, 0.25) is 0 Å². The molecule has 4 nitrogen and oxygen atoms in total. The molecule has 0 unspecified atom stereocenters. The van der Waals surface area contributed by atoms with Gasteiger partial charge in [0, 0.05) is 27.2 Å². The van der Waals surface area contributed by atoms with E-state index in [0.717, 1.165) is 15.8 Å². The number of anilines is 1. The van der Waals surface area contributed by atoms with Crippen LogP contribution in [-0.2, 0) is 4.79 Å². The van der Waals surface area contributed by atoms with Gasteiger partial charge in [0.25, 0.3) is 11.7 Å². The Bertz CT molecular complexity index is 899. The molecule has 1 heterocycles. The molecule has 23 heavy (non-hydrogen) atoms. The van der Waals surface area contributed by atoms with Crippen molar-refractivity contribution in [2.75, 3.05) is 11.6 Å². The van der Waals surface area contributed by atoms with Crippen molar-refractivity contribution in [2.45, 2.75) is 11.8 Å². The molecule has 0 saturated heterocycles. The number of benzene rings is 2. The fourth-order valence-corrected chi connectivity index (χ4v) is 3.03. The maximum Gasteiger partial charge on any atom is 0.296 e. The highest BCUT2D eigenvalue weighted by atomic mass is 32.2. The smallest absolute Gasteiger partial charge is 0.296 e. The lowest BCUT2D eigenvalue weighted by atomic mass is 10.1. The Labute approximate surface area is 138 Å². The molecule has 0 aliphatic rings. The van der Waals surface area contributed by atoms with Crippen LogP contribution >= 0.6 is 11.8 Å². The van der Waals surface area contributed by atoms with Gasteiger partial charge in [-0.15, -0.1) is 11.8 Å². The van der Waals surface area contributed by atoms with Crippen LogP contribution in [0.5, 0.6) is 0 Å². The second kappa shape index (κ2) is 6.30. The van der Waals surface area contributed by atoms with E-state index in [4.69, 9.17) is 0 Å². The quantitative estimate of drug-likeness (QED) is 0.433. The fourth-order valence-electron chi connectivity index (χ4n) is 2.57. The van der Waals surface area contributed by atoms with E-state index < -0.39 is 11.7 Å². The average Bonchev–Trinajstić information content (AvgIpc) is 2.90. The van der Waals surface area contributed by atoms with Crippen molar-refractivity contribution >= 4 is 40.0 Å². The summed E-state index contributed by atoms with van der Waals surface area (Å²) in [6, 6.07) is 14.9. The molecule has 2 aromatic carbocycles. The summed E-state index contributed by atoms with van der Waals surface area (Å²) in [6.07, 6.45) is 1.96. The summed E-state index contributed by atoms with van der Waals surface area (Å²) in [6.45, 7) is 1.80. The van der Waals surface area contributed by atoms with Gasteiger partial charge in [0.05, 0.1) is 5.56 Å². The van der Waals surface area contributed by atoms with Crippen LogP contribution in [0.3, 0.4) is 0 Å². The van der Waals surface area contributed by atoms with Gasteiger partial charge in [0.1, 0.15) is 0 Å². The van der Waals surface area contributed by atoms with E-state index in [1.807, 2.05) is 48.7 Å². The van der Waals surface area contributed by atoms with Crippen molar-refractivity contribution in [1.82, 2.24) is 4.98 Å². The van der Waals surface area contributed by atoms with Gasteiger partial charge in [-0.05, 0) is 37.4 Å². The largest absolute Gasteiger partial charge is 0.358 e.